The second kappa shape index (κ2) is 9.21. The van der Waals surface area contributed by atoms with Gasteiger partial charge in [-0.25, -0.2) is 4.39 Å². The molecule has 0 saturated carbocycles. The first-order valence-electron chi connectivity index (χ1n) is 9.38. The van der Waals surface area contributed by atoms with Gasteiger partial charge in [-0.05, 0) is 29.8 Å². The van der Waals surface area contributed by atoms with Gasteiger partial charge in [0.15, 0.2) is 5.96 Å². The summed E-state index contributed by atoms with van der Waals surface area (Å²) in [6, 6.07) is 14.4. The lowest BCUT2D eigenvalue weighted by Crippen LogP contribution is -2.52. The summed E-state index contributed by atoms with van der Waals surface area (Å²) in [7, 11) is 3.38. The third kappa shape index (κ3) is 4.60. The number of aliphatic imine (C=N–C) groups is 1. The van der Waals surface area contributed by atoms with Crippen LogP contribution in [-0.4, -0.2) is 57.0 Å². The van der Waals surface area contributed by atoms with Gasteiger partial charge in [-0.15, -0.1) is 0 Å². The van der Waals surface area contributed by atoms with E-state index in [1.54, 1.807) is 20.2 Å². The fourth-order valence-corrected chi connectivity index (χ4v) is 3.30. The van der Waals surface area contributed by atoms with Gasteiger partial charge in [0.05, 0.1) is 5.69 Å². The van der Waals surface area contributed by atoms with Crippen LogP contribution in [0, 0.1) is 5.82 Å². The Morgan fingerprint density at radius 3 is 2.36 bits per heavy atom. The van der Waals surface area contributed by atoms with E-state index < -0.39 is 0 Å². The quantitative estimate of drug-likeness (QED) is 0.627. The van der Waals surface area contributed by atoms with E-state index in [0.717, 1.165) is 37.7 Å². The number of hydrogen-bond acceptors (Lipinski definition) is 3. The topological polar surface area (TPSA) is 60.0 Å². The first-order chi connectivity index (χ1) is 13.6. The minimum absolute atomic E-state index is 0.0944. The van der Waals surface area contributed by atoms with Crippen molar-refractivity contribution in [1.82, 2.24) is 15.5 Å². The van der Waals surface area contributed by atoms with Crippen LogP contribution < -0.4 is 15.5 Å². The fourth-order valence-electron chi connectivity index (χ4n) is 3.30. The van der Waals surface area contributed by atoms with Crippen LogP contribution in [-0.2, 0) is 6.54 Å². The number of amides is 1. The van der Waals surface area contributed by atoms with E-state index in [0.29, 0.717) is 17.8 Å². The van der Waals surface area contributed by atoms with E-state index in [1.807, 2.05) is 36.4 Å². The largest absolute Gasteiger partial charge is 0.366 e. The highest BCUT2D eigenvalue weighted by Crippen LogP contribution is 2.20. The maximum atomic E-state index is 14.0. The van der Waals surface area contributed by atoms with E-state index in [2.05, 4.69) is 25.4 Å². The van der Waals surface area contributed by atoms with Gasteiger partial charge in [0.25, 0.3) is 5.91 Å². The minimum atomic E-state index is -0.182. The number of benzene rings is 2. The molecule has 0 unspecified atom stereocenters. The van der Waals surface area contributed by atoms with Crippen molar-refractivity contribution < 1.29 is 9.18 Å². The molecule has 2 N–H and O–H groups in total. The Morgan fingerprint density at radius 1 is 1.07 bits per heavy atom. The first kappa shape index (κ1) is 19.7. The number of halogens is 1. The van der Waals surface area contributed by atoms with Gasteiger partial charge in [-0.1, -0.05) is 24.3 Å². The lowest BCUT2D eigenvalue weighted by atomic mass is 10.1. The molecule has 2 aromatic carbocycles. The number of carbonyl (C=O) groups excluding carboxylic acids is 1. The molecule has 1 amide bonds. The SMILES string of the molecule is CN=C(NCc1ccc(C(=O)NC)cc1)N1CCN(c2ccccc2F)CC1. The molecule has 0 aliphatic carbocycles. The number of nitrogens with zero attached hydrogens (tertiary/aromatic N) is 3. The highest BCUT2D eigenvalue weighted by atomic mass is 19.1. The van der Waals surface area contributed by atoms with Gasteiger partial charge in [0.1, 0.15) is 5.82 Å². The van der Waals surface area contributed by atoms with Crippen LogP contribution in [0.3, 0.4) is 0 Å². The Balaban J connectivity index is 1.54. The van der Waals surface area contributed by atoms with Crippen molar-refractivity contribution in [2.45, 2.75) is 6.54 Å². The van der Waals surface area contributed by atoms with Crippen LogP contribution in [0.2, 0.25) is 0 Å². The number of anilines is 1. The van der Waals surface area contributed by atoms with Crippen molar-refractivity contribution in [3.63, 3.8) is 0 Å². The third-order valence-electron chi connectivity index (χ3n) is 4.88. The van der Waals surface area contributed by atoms with Gasteiger partial charge in [0, 0.05) is 52.4 Å². The Morgan fingerprint density at radius 2 is 1.75 bits per heavy atom. The van der Waals surface area contributed by atoms with Gasteiger partial charge in [-0.2, -0.15) is 0 Å². The predicted molar refractivity (Wildman–Crippen MR) is 110 cm³/mol. The Kier molecular flexibility index (Phi) is 6.47. The highest BCUT2D eigenvalue weighted by Gasteiger charge is 2.21. The summed E-state index contributed by atoms with van der Waals surface area (Å²) in [6.07, 6.45) is 0. The lowest BCUT2D eigenvalue weighted by molar-refractivity contribution is 0.0963. The molecule has 7 heteroatoms. The molecule has 0 spiro atoms. The molecule has 28 heavy (non-hydrogen) atoms. The first-order valence-corrected chi connectivity index (χ1v) is 9.38. The van der Waals surface area contributed by atoms with Crippen LogP contribution in [0.4, 0.5) is 10.1 Å². The number of carbonyl (C=O) groups is 1. The highest BCUT2D eigenvalue weighted by molar-refractivity contribution is 5.93. The van der Waals surface area contributed by atoms with Crippen molar-refractivity contribution in [2.24, 2.45) is 4.99 Å². The molecule has 1 heterocycles. The normalized spacial score (nSPS) is 14.8. The summed E-state index contributed by atoms with van der Waals surface area (Å²) in [5.74, 6) is 0.547. The molecular weight excluding hydrogens is 357 g/mol. The van der Waals surface area contributed by atoms with Crippen LogP contribution in [0.5, 0.6) is 0 Å². The molecule has 1 aliphatic rings. The van der Waals surface area contributed by atoms with Gasteiger partial charge >= 0.3 is 0 Å². The maximum Gasteiger partial charge on any atom is 0.251 e. The Hall–Kier alpha value is -3.09. The van der Waals surface area contributed by atoms with E-state index >= 15 is 0 Å². The fraction of sp³-hybridized carbons (Fsp3) is 0.333. The predicted octanol–water partition coefficient (Wildman–Crippen LogP) is 2.08. The maximum absolute atomic E-state index is 14.0. The van der Waals surface area contributed by atoms with Crippen molar-refractivity contribution in [3.05, 3.63) is 65.5 Å². The van der Waals surface area contributed by atoms with Crippen LogP contribution >= 0.6 is 0 Å². The zero-order valence-electron chi connectivity index (χ0n) is 16.3. The standard InChI is InChI=1S/C21H26FN5O/c1-23-20(28)17-9-7-16(8-10-17)15-25-21(24-2)27-13-11-26(12-14-27)19-6-4-3-5-18(19)22/h3-10H,11-15H2,1-2H3,(H,23,28)(H,24,25). The van der Waals surface area contributed by atoms with E-state index in [9.17, 15) is 9.18 Å². The zero-order chi connectivity index (χ0) is 19.9. The van der Waals surface area contributed by atoms with Gasteiger partial charge < -0.3 is 20.4 Å². The summed E-state index contributed by atoms with van der Waals surface area (Å²) in [5, 5.41) is 5.98. The second-order valence-corrected chi connectivity index (χ2v) is 6.60. The van der Waals surface area contributed by atoms with Crippen molar-refractivity contribution in [2.75, 3.05) is 45.2 Å². The molecule has 1 fully saturated rings. The van der Waals surface area contributed by atoms with E-state index in [1.165, 1.54) is 6.07 Å². The summed E-state index contributed by atoms with van der Waals surface area (Å²) < 4.78 is 14.0. The van der Waals surface area contributed by atoms with Crippen LogP contribution in [0.1, 0.15) is 15.9 Å². The van der Waals surface area contributed by atoms with Crippen LogP contribution in [0.25, 0.3) is 0 Å². The summed E-state index contributed by atoms with van der Waals surface area (Å²) in [6.45, 7) is 3.63. The molecule has 0 radical (unpaired) electrons. The van der Waals surface area contributed by atoms with Crippen LogP contribution in [0.15, 0.2) is 53.5 Å². The monoisotopic (exact) mass is 383 g/mol. The van der Waals surface area contributed by atoms with Gasteiger partial charge in [-0.3, -0.25) is 9.79 Å². The molecule has 0 aromatic heterocycles. The van der Waals surface area contributed by atoms with Crippen molar-refractivity contribution in [1.29, 1.82) is 0 Å². The Labute approximate surface area is 165 Å². The lowest BCUT2D eigenvalue weighted by Gasteiger charge is -2.37. The number of para-hydroxylation sites is 1. The number of guanidine groups is 1. The smallest absolute Gasteiger partial charge is 0.251 e. The number of rotatable bonds is 4. The van der Waals surface area contributed by atoms with E-state index in [-0.39, 0.29) is 11.7 Å². The zero-order valence-corrected chi connectivity index (χ0v) is 16.3. The summed E-state index contributed by atoms with van der Waals surface area (Å²) in [5.41, 5.74) is 2.36. The Bertz CT molecular complexity index is 829. The average Bonchev–Trinajstić information content (AvgIpc) is 2.75. The van der Waals surface area contributed by atoms with Gasteiger partial charge in [0.2, 0.25) is 0 Å². The molecule has 2 aromatic rings. The van der Waals surface area contributed by atoms with Crippen molar-refractivity contribution in [3.8, 4) is 0 Å². The summed E-state index contributed by atoms with van der Waals surface area (Å²) in [4.78, 5) is 20.2. The molecule has 0 atom stereocenters. The van der Waals surface area contributed by atoms with E-state index in [4.69, 9.17) is 0 Å². The number of piperazine rings is 1. The number of hydrogen-bond donors (Lipinski definition) is 2. The number of nitrogens with one attached hydrogen (secondary N) is 2. The molecule has 1 aliphatic heterocycles. The molecule has 148 valence electrons. The molecule has 3 rings (SSSR count). The average molecular weight is 383 g/mol. The molecule has 6 nitrogen and oxygen atoms in total. The molecule has 1 saturated heterocycles. The summed E-state index contributed by atoms with van der Waals surface area (Å²) >= 11 is 0. The minimum Gasteiger partial charge on any atom is -0.366 e. The molecular formula is C21H26FN5O. The molecule has 0 bridgehead atoms. The third-order valence-corrected chi connectivity index (χ3v) is 4.88. The second-order valence-electron chi connectivity index (χ2n) is 6.60. The van der Waals surface area contributed by atoms with Crippen molar-refractivity contribution >= 4 is 17.6 Å².